The molecule has 2 aromatic carbocycles. The normalized spacial score (nSPS) is 23.1. The Morgan fingerprint density at radius 2 is 1.58 bits per heavy atom. The Bertz CT molecular complexity index is 1230. The maximum atomic E-state index is 13.9. The number of methoxy groups -OCH3 is 2. The third kappa shape index (κ3) is 4.95. The SMILES string of the molecule is COc1cc(C)c(C(=O)N2C[C@@H]3C(NC(=O)c4ccc(C5CCCCC5)c(C(F)(F)F)c4)[C@@H]3C2)cc1OC. The molecule has 0 radical (unpaired) electrons. The van der Waals surface area contributed by atoms with Crippen molar-refractivity contribution in [1.82, 2.24) is 10.2 Å². The van der Waals surface area contributed by atoms with Crippen LogP contribution in [-0.4, -0.2) is 50.1 Å². The van der Waals surface area contributed by atoms with E-state index >= 15 is 0 Å². The number of piperidine rings is 1. The van der Waals surface area contributed by atoms with Crippen LogP contribution in [0.1, 0.15) is 75.4 Å². The van der Waals surface area contributed by atoms with Crippen molar-refractivity contribution in [3.63, 3.8) is 0 Å². The summed E-state index contributed by atoms with van der Waals surface area (Å²) < 4.78 is 52.3. The largest absolute Gasteiger partial charge is 0.493 e. The lowest BCUT2D eigenvalue weighted by atomic mass is 9.81. The Morgan fingerprint density at radius 3 is 2.18 bits per heavy atom. The van der Waals surface area contributed by atoms with Crippen LogP contribution in [-0.2, 0) is 6.18 Å². The Morgan fingerprint density at radius 1 is 0.947 bits per heavy atom. The molecule has 1 aliphatic heterocycles. The predicted octanol–water partition coefficient (Wildman–Crippen LogP) is 5.58. The maximum absolute atomic E-state index is 13.9. The summed E-state index contributed by atoms with van der Waals surface area (Å²) in [6.45, 7) is 2.80. The lowest BCUT2D eigenvalue weighted by molar-refractivity contribution is -0.138. The maximum Gasteiger partial charge on any atom is 0.416 e. The molecule has 2 aliphatic carbocycles. The van der Waals surface area contributed by atoms with Crippen molar-refractivity contribution in [2.24, 2.45) is 11.8 Å². The van der Waals surface area contributed by atoms with Crippen molar-refractivity contribution >= 4 is 11.8 Å². The van der Waals surface area contributed by atoms with E-state index in [1.165, 1.54) is 26.4 Å². The van der Waals surface area contributed by atoms with Gasteiger partial charge in [0, 0.05) is 42.1 Å². The first-order chi connectivity index (χ1) is 18.1. The number of benzene rings is 2. The highest BCUT2D eigenvalue weighted by atomic mass is 19.4. The molecule has 3 atom stereocenters. The van der Waals surface area contributed by atoms with Crippen molar-refractivity contribution in [2.75, 3.05) is 27.3 Å². The highest BCUT2D eigenvalue weighted by Gasteiger charge is 2.57. The Kier molecular flexibility index (Phi) is 7.05. The molecule has 1 N–H and O–H groups in total. The number of aryl methyl sites for hydroxylation is 1. The van der Waals surface area contributed by atoms with Gasteiger partial charge in [0.15, 0.2) is 11.5 Å². The number of hydrogen-bond acceptors (Lipinski definition) is 4. The molecule has 2 amide bonds. The van der Waals surface area contributed by atoms with Gasteiger partial charge in [0.05, 0.1) is 19.8 Å². The molecule has 38 heavy (non-hydrogen) atoms. The van der Waals surface area contributed by atoms with Crippen molar-refractivity contribution in [1.29, 1.82) is 0 Å². The van der Waals surface area contributed by atoms with Crippen LogP contribution < -0.4 is 14.8 Å². The van der Waals surface area contributed by atoms with Crippen LogP contribution >= 0.6 is 0 Å². The number of amides is 2. The van der Waals surface area contributed by atoms with Gasteiger partial charge in [-0.2, -0.15) is 13.2 Å². The number of carbonyl (C=O) groups excluding carboxylic acids is 2. The summed E-state index contributed by atoms with van der Waals surface area (Å²) in [4.78, 5) is 27.9. The fourth-order valence-corrected chi connectivity index (χ4v) is 6.23. The first-order valence-corrected chi connectivity index (χ1v) is 13.2. The second-order valence-corrected chi connectivity index (χ2v) is 10.7. The quantitative estimate of drug-likeness (QED) is 0.530. The molecule has 1 heterocycles. The summed E-state index contributed by atoms with van der Waals surface area (Å²) in [6.07, 6.45) is -0.100. The minimum atomic E-state index is -4.51. The number of ether oxygens (including phenoxy) is 2. The van der Waals surface area contributed by atoms with Gasteiger partial charge in [0.1, 0.15) is 0 Å². The summed E-state index contributed by atoms with van der Waals surface area (Å²) in [5, 5.41) is 2.91. The van der Waals surface area contributed by atoms with Crippen LogP contribution in [0.15, 0.2) is 30.3 Å². The molecular formula is C29H33F3N2O4. The molecule has 2 saturated carbocycles. The number of hydrogen-bond donors (Lipinski definition) is 1. The zero-order valence-corrected chi connectivity index (χ0v) is 21.9. The predicted molar refractivity (Wildman–Crippen MR) is 136 cm³/mol. The number of rotatable bonds is 6. The number of alkyl halides is 3. The van der Waals surface area contributed by atoms with Crippen molar-refractivity contribution < 1.29 is 32.2 Å². The van der Waals surface area contributed by atoms with Crippen LogP contribution in [0.25, 0.3) is 0 Å². The van der Waals surface area contributed by atoms with Gasteiger partial charge in [0.25, 0.3) is 11.8 Å². The molecule has 1 saturated heterocycles. The number of halogens is 3. The molecule has 0 bridgehead atoms. The summed E-state index contributed by atoms with van der Waals surface area (Å²) in [5.74, 6) is 0.474. The molecule has 0 aromatic heterocycles. The lowest BCUT2D eigenvalue weighted by Gasteiger charge is -2.25. The molecule has 204 valence electrons. The van der Waals surface area contributed by atoms with E-state index in [1.54, 1.807) is 17.0 Å². The van der Waals surface area contributed by atoms with E-state index in [9.17, 15) is 22.8 Å². The summed E-state index contributed by atoms with van der Waals surface area (Å²) in [7, 11) is 3.05. The molecule has 3 aliphatic rings. The zero-order chi connectivity index (χ0) is 27.2. The molecule has 2 aromatic rings. The number of nitrogens with one attached hydrogen (secondary N) is 1. The average molecular weight is 531 g/mol. The van der Waals surface area contributed by atoms with Crippen LogP contribution in [0.2, 0.25) is 0 Å². The third-order valence-electron chi connectivity index (χ3n) is 8.41. The molecule has 1 unspecified atom stereocenters. The molecule has 5 rings (SSSR count). The number of carbonyl (C=O) groups is 2. The highest BCUT2D eigenvalue weighted by Crippen LogP contribution is 2.47. The third-order valence-corrected chi connectivity index (χ3v) is 8.41. The first-order valence-electron chi connectivity index (χ1n) is 13.2. The molecular weight excluding hydrogens is 497 g/mol. The Labute approximate surface area is 220 Å². The topological polar surface area (TPSA) is 67.9 Å². The van der Waals surface area contributed by atoms with Crippen LogP contribution in [0.4, 0.5) is 13.2 Å². The Hall–Kier alpha value is -3.23. The van der Waals surface area contributed by atoms with E-state index in [0.29, 0.717) is 35.7 Å². The van der Waals surface area contributed by atoms with Crippen molar-refractivity contribution in [3.05, 3.63) is 58.1 Å². The van der Waals surface area contributed by atoms with E-state index in [1.807, 2.05) is 6.92 Å². The fourth-order valence-electron chi connectivity index (χ4n) is 6.23. The van der Waals surface area contributed by atoms with Gasteiger partial charge < -0.3 is 19.7 Å². The number of fused-ring (bicyclic) bond motifs is 1. The molecule has 9 heteroatoms. The summed E-state index contributed by atoms with van der Waals surface area (Å²) >= 11 is 0. The number of likely N-dealkylation sites (tertiary alicyclic amines) is 1. The van der Waals surface area contributed by atoms with Gasteiger partial charge in [-0.05, 0) is 61.1 Å². The monoisotopic (exact) mass is 530 g/mol. The van der Waals surface area contributed by atoms with E-state index in [-0.39, 0.29) is 35.3 Å². The smallest absolute Gasteiger partial charge is 0.416 e. The van der Waals surface area contributed by atoms with Gasteiger partial charge in [0.2, 0.25) is 0 Å². The standard InChI is InChI=1S/C29H33F3N2O4/c1-16-11-24(37-2)25(38-3)13-20(16)28(36)34-14-21-22(15-34)26(21)33-27(35)18-9-10-19(17-7-5-4-6-8-17)23(12-18)29(30,31)32/h9-13,17,21-22,26H,4-8,14-15H2,1-3H3,(H,33,35)/t21-,22+,26?. The van der Waals surface area contributed by atoms with Crippen LogP contribution in [0.5, 0.6) is 11.5 Å². The highest BCUT2D eigenvalue weighted by molar-refractivity contribution is 5.97. The Balaban J connectivity index is 1.23. The van der Waals surface area contributed by atoms with E-state index < -0.39 is 17.6 Å². The van der Waals surface area contributed by atoms with Crippen LogP contribution in [0.3, 0.4) is 0 Å². The van der Waals surface area contributed by atoms with E-state index in [2.05, 4.69) is 5.32 Å². The van der Waals surface area contributed by atoms with Gasteiger partial charge in [-0.3, -0.25) is 9.59 Å². The van der Waals surface area contributed by atoms with Gasteiger partial charge in [-0.1, -0.05) is 25.3 Å². The summed E-state index contributed by atoms with van der Waals surface area (Å²) in [5.41, 5.74) is 0.931. The minimum absolute atomic E-state index is 0.0238. The summed E-state index contributed by atoms with van der Waals surface area (Å²) in [6, 6.07) is 7.31. The van der Waals surface area contributed by atoms with Crippen LogP contribution in [0, 0.1) is 18.8 Å². The minimum Gasteiger partial charge on any atom is -0.493 e. The average Bonchev–Trinajstić information content (AvgIpc) is 3.33. The van der Waals surface area contributed by atoms with Gasteiger partial charge in [-0.15, -0.1) is 0 Å². The molecule has 0 spiro atoms. The lowest BCUT2D eigenvalue weighted by Crippen LogP contribution is -2.37. The number of nitrogens with zero attached hydrogens (tertiary/aromatic N) is 1. The van der Waals surface area contributed by atoms with Gasteiger partial charge >= 0.3 is 6.18 Å². The van der Waals surface area contributed by atoms with E-state index in [0.717, 1.165) is 43.7 Å². The molecule has 6 nitrogen and oxygen atoms in total. The molecule has 3 fully saturated rings. The second-order valence-electron chi connectivity index (χ2n) is 10.7. The van der Waals surface area contributed by atoms with Gasteiger partial charge in [-0.25, -0.2) is 0 Å². The van der Waals surface area contributed by atoms with Crippen molar-refractivity contribution in [3.8, 4) is 11.5 Å². The first kappa shape index (κ1) is 26.4. The zero-order valence-electron chi connectivity index (χ0n) is 21.9. The van der Waals surface area contributed by atoms with E-state index in [4.69, 9.17) is 9.47 Å². The fraction of sp³-hybridized carbons (Fsp3) is 0.517. The second kappa shape index (κ2) is 10.2. The van der Waals surface area contributed by atoms with Crippen molar-refractivity contribution in [2.45, 2.75) is 57.2 Å².